The molecule has 0 bridgehead atoms. The van der Waals surface area contributed by atoms with E-state index in [0.29, 0.717) is 11.1 Å². The minimum absolute atomic E-state index is 0.0319. The molecule has 25 heavy (non-hydrogen) atoms. The van der Waals surface area contributed by atoms with Crippen LogP contribution in [0.1, 0.15) is 16.7 Å². The van der Waals surface area contributed by atoms with Crippen molar-refractivity contribution in [1.29, 1.82) is 0 Å². The van der Waals surface area contributed by atoms with Gasteiger partial charge in [-0.05, 0) is 80.5 Å². The summed E-state index contributed by atoms with van der Waals surface area (Å²) in [5.41, 5.74) is 0.325. The van der Waals surface area contributed by atoms with Crippen molar-refractivity contribution in [3.8, 4) is 0 Å². The van der Waals surface area contributed by atoms with Crippen LogP contribution in [0.15, 0.2) is 57.6 Å². The number of rotatable bonds is 2. The average molecular weight is 522 g/mol. The lowest BCUT2D eigenvalue weighted by atomic mass is 10.1. The van der Waals surface area contributed by atoms with Gasteiger partial charge in [-0.2, -0.15) is 13.2 Å². The van der Waals surface area contributed by atoms with Crippen LogP contribution in [0.2, 0.25) is 0 Å². The molecule has 0 saturated heterocycles. The quantitative estimate of drug-likeness (QED) is 0.301. The third-order valence-electron chi connectivity index (χ3n) is 3.33. The number of aliphatic imine (C=N–C) groups is 1. The zero-order valence-corrected chi connectivity index (χ0v) is 16.0. The summed E-state index contributed by atoms with van der Waals surface area (Å²) < 4.78 is 44.7. The van der Waals surface area contributed by atoms with Crippen molar-refractivity contribution >= 4 is 56.5 Å². The maximum Gasteiger partial charge on any atom is 0.416 e. The molecular formula is C17H8BrF3INO2. The second kappa shape index (κ2) is 6.91. The summed E-state index contributed by atoms with van der Waals surface area (Å²) in [5.74, 6) is -0.496. The second-order valence-electron chi connectivity index (χ2n) is 5.08. The van der Waals surface area contributed by atoms with Gasteiger partial charge in [0.1, 0.15) is 0 Å². The number of cyclic esters (lactones) is 1. The molecule has 0 aliphatic carbocycles. The predicted octanol–water partition coefficient (Wildman–Crippen LogP) is 5.42. The summed E-state index contributed by atoms with van der Waals surface area (Å²) in [6.45, 7) is 0. The molecule has 0 atom stereocenters. The Hall–Kier alpha value is -1.68. The third-order valence-corrected chi connectivity index (χ3v) is 5.67. The van der Waals surface area contributed by atoms with Gasteiger partial charge in [-0.15, -0.1) is 0 Å². The van der Waals surface area contributed by atoms with Gasteiger partial charge >= 0.3 is 12.1 Å². The average Bonchev–Trinajstić information content (AvgIpc) is 2.91. The summed E-state index contributed by atoms with van der Waals surface area (Å²) in [6.07, 6.45) is -3.02. The van der Waals surface area contributed by atoms with E-state index in [0.717, 1.165) is 20.2 Å². The van der Waals surface area contributed by atoms with Gasteiger partial charge in [0, 0.05) is 13.6 Å². The molecule has 0 radical (unpaired) electrons. The van der Waals surface area contributed by atoms with Gasteiger partial charge in [-0.25, -0.2) is 9.79 Å². The van der Waals surface area contributed by atoms with E-state index >= 15 is 0 Å². The molecule has 0 fully saturated rings. The number of halogens is 5. The number of ether oxygens (including phenoxy) is 1. The first-order chi connectivity index (χ1) is 11.7. The van der Waals surface area contributed by atoms with Crippen LogP contribution in [-0.2, 0) is 15.7 Å². The number of carbonyl (C=O) groups is 1. The van der Waals surface area contributed by atoms with Gasteiger partial charge in [0.25, 0.3) is 0 Å². The number of hydrogen-bond donors (Lipinski definition) is 0. The number of carbonyl (C=O) groups excluding carboxylic acids is 1. The summed E-state index contributed by atoms with van der Waals surface area (Å²) in [4.78, 5) is 16.1. The summed E-state index contributed by atoms with van der Waals surface area (Å²) in [6, 6.07) is 9.83. The fourth-order valence-corrected chi connectivity index (χ4v) is 2.80. The van der Waals surface area contributed by atoms with E-state index in [1.54, 1.807) is 12.1 Å². The Labute approximate surface area is 162 Å². The highest BCUT2D eigenvalue weighted by molar-refractivity contribution is 14.1. The number of hydrogen-bond acceptors (Lipinski definition) is 3. The van der Waals surface area contributed by atoms with Crippen LogP contribution in [0.4, 0.5) is 13.2 Å². The largest absolute Gasteiger partial charge is 0.416 e. The Morgan fingerprint density at radius 1 is 1.12 bits per heavy atom. The molecule has 2 aromatic carbocycles. The normalized spacial score (nSPS) is 16.1. The van der Waals surface area contributed by atoms with E-state index in [1.807, 2.05) is 6.07 Å². The van der Waals surface area contributed by atoms with E-state index in [4.69, 9.17) is 4.74 Å². The fourth-order valence-electron chi connectivity index (χ4n) is 2.09. The first-order valence-corrected chi connectivity index (χ1v) is 8.76. The van der Waals surface area contributed by atoms with Crippen LogP contribution < -0.4 is 0 Å². The monoisotopic (exact) mass is 521 g/mol. The standard InChI is InChI=1S/C17H8BrF3INO2/c18-12-8-10(3-6-13(12)22)15-23-14(16(24)25-15)7-9-1-4-11(5-2-9)17(19,20)21/h1-8H/b14-7-. The summed E-state index contributed by atoms with van der Waals surface area (Å²) in [7, 11) is 0. The number of nitrogens with zero attached hydrogens (tertiary/aromatic N) is 1. The van der Waals surface area contributed by atoms with Crippen molar-refractivity contribution in [2.75, 3.05) is 0 Å². The van der Waals surface area contributed by atoms with Crippen molar-refractivity contribution in [3.05, 3.63) is 72.9 Å². The topological polar surface area (TPSA) is 38.7 Å². The minimum atomic E-state index is -4.40. The molecule has 3 nitrogen and oxygen atoms in total. The molecule has 2 aromatic rings. The Kier molecular flexibility index (Phi) is 5.01. The minimum Gasteiger partial charge on any atom is -0.402 e. The van der Waals surface area contributed by atoms with Crippen molar-refractivity contribution in [1.82, 2.24) is 0 Å². The molecule has 0 spiro atoms. The van der Waals surface area contributed by atoms with Crippen LogP contribution in [0.25, 0.3) is 6.08 Å². The van der Waals surface area contributed by atoms with E-state index in [9.17, 15) is 18.0 Å². The van der Waals surface area contributed by atoms with Crippen molar-refractivity contribution in [2.24, 2.45) is 4.99 Å². The maximum absolute atomic E-state index is 12.6. The van der Waals surface area contributed by atoms with Crippen LogP contribution in [-0.4, -0.2) is 11.9 Å². The molecule has 0 amide bonds. The van der Waals surface area contributed by atoms with E-state index < -0.39 is 17.7 Å². The highest BCUT2D eigenvalue weighted by Crippen LogP contribution is 2.30. The molecule has 1 aliphatic heterocycles. The maximum atomic E-state index is 12.6. The second-order valence-corrected chi connectivity index (χ2v) is 7.10. The smallest absolute Gasteiger partial charge is 0.402 e. The third kappa shape index (κ3) is 4.12. The molecule has 0 unspecified atom stereocenters. The highest BCUT2D eigenvalue weighted by Gasteiger charge is 2.30. The first-order valence-electron chi connectivity index (χ1n) is 6.89. The number of alkyl halides is 3. The Morgan fingerprint density at radius 3 is 2.40 bits per heavy atom. The molecule has 0 N–H and O–H groups in total. The van der Waals surface area contributed by atoms with Crippen molar-refractivity contribution in [2.45, 2.75) is 6.18 Å². The van der Waals surface area contributed by atoms with Gasteiger partial charge in [0.05, 0.1) is 5.56 Å². The van der Waals surface area contributed by atoms with Gasteiger partial charge in [-0.1, -0.05) is 12.1 Å². The SMILES string of the molecule is O=C1OC(c2ccc(I)c(Br)c2)=N/C1=C\c1ccc(C(F)(F)F)cc1. The first kappa shape index (κ1) is 18.1. The molecule has 0 aromatic heterocycles. The van der Waals surface area contributed by atoms with E-state index in [-0.39, 0.29) is 11.6 Å². The Bertz CT molecular complexity index is 905. The molecule has 1 heterocycles. The van der Waals surface area contributed by atoms with E-state index in [1.165, 1.54) is 18.2 Å². The van der Waals surface area contributed by atoms with Crippen molar-refractivity contribution < 1.29 is 22.7 Å². The number of benzene rings is 2. The molecule has 0 saturated carbocycles. The van der Waals surface area contributed by atoms with Crippen molar-refractivity contribution in [3.63, 3.8) is 0 Å². The van der Waals surface area contributed by atoms with Gasteiger partial charge in [0.15, 0.2) is 5.70 Å². The molecule has 1 aliphatic rings. The highest BCUT2D eigenvalue weighted by atomic mass is 127. The van der Waals surface area contributed by atoms with Crippen LogP contribution >= 0.6 is 38.5 Å². The zero-order chi connectivity index (χ0) is 18.2. The van der Waals surface area contributed by atoms with Crippen LogP contribution in [0.3, 0.4) is 0 Å². The Balaban J connectivity index is 1.89. The summed E-state index contributed by atoms with van der Waals surface area (Å²) in [5, 5.41) is 0. The Morgan fingerprint density at radius 2 is 1.80 bits per heavy atom. The molecule has 8 heteroatoms. The number of esters is 1. The molecule has 3 rings (SSSR count). The fraction of sp³-hybridized carbons (Fsp3) is 0.0588. The van der Waals surface area contributed by atoms with Crippen LogP contribution in [0, 0.1) is 3.57 Å². The zero-order valence-electron chi connectivity index (χ0n) is 12.3. The molecular weight excluding hydrogens is 514 g/mol. The van der Waals surface area contributed by atoms with Gasteiger partial charge in [-0.3, -0.25) is 0 Å². The lowest BCUT2D eigenvalue weighted by Gasteiger charge is -2.05. The van der Waals surface area contributed by atoms with E-state index in [2.05, 4.69) is 43.5 Å². The predicted molar refractivity (Wildman–Crippen MR) is 98.9 cm³/mol. The van der Waals surface area contributed by atoms with Gasteiger partial charge < -0.3 is 4.74 Å². The van der Waals surface area contributed by atoms with Crippen LogP contribution in [0.5, 0.6) is 0 Å². The van der Waals surface area contributed by atoms with Gasteiger partial charge in [0.2, 0.25) is 5.90 Å². The summed E-state index contributed by atoms with van der Waals surface area (Å²) >= 11 is 5.54. The lowest BCUT2D eigenvalue weighted by Crippen LogP contribution is -2.05. The molecule has 128 valence electrons. The lowest BCUT2D eigenvalue weighted by molar-refractivity contribution is -0.137.